The number of methoxy groups -OCH3 is 2. The fourth-order valence-electron chi connectivity index (χ4n) is 1.51. The Morgan fingerprint density at radius 2 is 2.12 bits per heavy atom. The van der Waals surface area contributed by atoms with Gasteiger partial charge < -0.3 is 14.8 Å². The number of halogens is 1. The number of ether oxygens (including phenoxy) is 2. The molecule has 1 aromatic rings. The summed E-state index contributed by atoms with van der Waals surface area (Å²) >= 11 is 3.48. The van der Waals surface area contributed by atoms with Gasteiger partial charge in [-0.3, -0.25) is 0 Å². The third kappa shape index (κ3) is 4.12. The van der Waals surface area contributed by atoms with E-state index < -0.39 is 0 Å². The Hall–Kier alpha value is -0.580. The Labute approximate surface area is 105 Å². The standard InChI is InChI=1S/C12H18BrNO2/c1-9(8-15-2)14-7-10-4-5-12(16-3)11(13)6-10/h4-6,9,14H,7-8H2,1-3H3/p+1/t9-/m1/s1. The van der Waals surface area contributed by atoms with E-state index in [1.54, 1.807) is 14.2 Å². The highest BCUT2D eigenvalue weighted by Crippen LogP contribution is 2.25. The molecule has 0 bridgehead atoms. The van der Waals surface area contributed by atoms with E-state index in [1.165, 1.54) is 5.56 Å². The van der Waals surface area contributed by atoms with Gasteiger partial charge in [-0.2, -0.15) is 0 Å². The highest BCUT2D eigenvalue weighted by Gasteiger charge is 2.06. The van der Waals surface area contributed by atoms with Gasteiger partial charge in [0.1, 0.15) is 18.3 Å². The van der Waals surface area contributed by atoms with Gasteiger partial charge in [-0.25, -0.2) is 0 Å². The van der Waals surface area contributed by atoms with Crippen molar-refractivity contribution < 1.29 is 14.8 Å². The third-order valence-corrected chi connectivity index (χ3v) is 3.02. The number of nitrogens with two attached hydrogens (primary N) is 1. The van der Waals surface area contributed by atoms with Gasteiger partial charge in [-0.15, -0.1) is 0 Å². The van der Waals surface area contributed by atoms with Crippen LogP contribution in [0.15, 0.2) is 22.7 Å². The summed E-state index contributed by atoms with van der Waals surface area (Å²) in [5, 5.41) is 2.26. The van der Waals surface area contributed by atoms with E-state index in [9.17, 15) is 0 Å². The van der Waals surface area contributed by atoms with Crippen molar-refractivity contribution >= 4 is 15.9 Å². The van der Waals surface area contributed by atoms with E-state index in [4.69, 9.17) is 9.47 Å². The Kier molecular flexibility index (Phi) is 5.80. The molecule has 0 amide bonds. The van der Waals surface area contributed by atoms with Crippen LogP contribution in [0.2, 0.25) is 0 Å². The van der Waals surface area contributed by atoms with Crippen molar-refractivity contribution in [3.05, 3.63) is 28.2 Å². The van der Waals surface area contributed by atoms with Gasteiger partial charge in [0.25, 0.3) is 0 Å². The van der Waals surface area contributed by atoms with E-state index >= 15 is 0 Å². The van der Waals surface area contributed by atoms with Crippen molar-refractivity contribution in [2.24, 2.45) is 0 Å². The molecule has 1 rings (SSSR count). The van der Waals surface area contributed by atoms with Crippen LogP contribution in [0.3, 0.4) is 0 Å². The van der Waals surface area contributed by atoms with Crippen molar-refractivity contribution in [1.29, 1.82) is 0 Å². The van der Waals surface area contributed by atoms with Crippen LogP contribution in [0.1, 0.15) is 12.5 Å². The van der Waals surface area contributed by atoms with Gasteiger partial charge in [0.05, 0.1) is 18.2 Å². The number of benzene rings is 1. The summed E-state index contributed by atoms with van der Waals surface area (Å²) in [5.41, 5.74) is 1.27. The summed E-state index contributed by atoms with van der Waals surface area (Å²) in [6, 6.07) is 6.63. The molecule has 0 heterocycles. The Bertz CT molecular complexity index is 331. The fraction of sp³-hybridized carbons (Fsp3) is 0.500. The third-order valence-electron chi connectivity index (χ3n) is 2.40. The average Bonchev–Trinajstić information content (AvgIpc) is 2.27. The lowest BCUT2D eigenvalue weighted by atomic mass is 10.2. The van der Waals surface area contributed by atoms with Crippen LogP contribution in [-0.4, -0.2) is 26.9 Å². The van der Waals surface area contributed by atoms with E-state index in [2.05, 4.69) is 40.3 Å². The molecule has 0 saturated heterocycles. The first-order valence-electron chi connectivity index (χ1n) is 5.32. The topological polar surface area (TPSA) is 35.1 Å². The fourth-order valence-corrected chi connectivity index (χ4v) is 2.09. The molecular weight excluding hydrogens is 270 g/mol. The lowest BCUT2D eigenvalue weighted by Gasteiger charge is -2.10. The first-order valence-corrected chi connectivity index (χ1v) is 6.11. The monoisotopic (exact) mass is 288 g/mol. The molecule has 16 heavy (non-hydrogen) atoms. The minimum Gasteiger partial charge on any atom is -0.496 e. The number of hydrogen-bond donors (Lipinski definition) is 1. The molecule has 0 fully saturated rings. The summed E-state index contributed by atoms with van der Waals surface area (Å²) in [4.78, 5) is 0. The lowest BCUT2D eigenvalue weighted by Crippen LogP contribution is -2.88. The molecule has 0 aromatic heterocycles. The zero-order chi connectivity index (χ0) is 12.0. The van der Waals surface area contributed by atoms with Crippen molar-refractivity contribution in [3.63, 3.8) is 0 Å². The number of hydrogen-bond acceptors (Lipinski definition) is 2. The van der Waals surface area contributed by atoms with Crippen LogP contribution >= 0.6 is 15.9 Å². The maximum absolute atomic E-state index is 5.19. The van der Waals surface area contributed by atoms with Crippen LogP contribution in [0.4, 0.5) is 0 Å². The second-order valence-corrected chi connectivity index (χ2v) is 4.70. The molecule has 0 unspecified atom stereocenters. The molecule has 0 aliphatic rings. The van der Waals surface area contributed by atoms with Crippen molar-refractivity contribution in [2.45, 2.75) is 19.5 Å². The van der Waals surface area contributed by atoms with E-state index in [0.29, 0.717) is 6.04 Å². The first kappa shape index (κ1) is 13.5. The molecular formula is C12H19BrNO2+. The maximum atomic E-state index is 5.19. The van der Waals surface area contributed by atoms with Crippen LogP contribution in [0, 0.1) is 0 Å². The van der Waals surface area contributed by atoms with Gasteiger partial charge in [0, 0.05) is 12.7 Å². The summed E-state index contributed by atoms with van der Waals surface area (Å²) in [6.07, 6.45) is 0. The maximum Gasteiger partial charge on any atom is 0.133 e. The normalized spacial score (nSPS) is 12.5. The second kappa shape index (κ2) is 6.89. The smallest absolute Gasteiger partial charge is 0.133 e. The highest BCUT2D eigenvalue weighted by molar-refractivity contribution is 9.10. The minimum atomic E-state index is 0.478. The van der Waals surface area contributed by atoms with Crippen molar-refractivity contribution in [2.75, 3.05) is 20.8 Å². The Morgan fingerprint density at radius 3 is 2.69 bits per heavy atom. The van der Waals surface area contributed by atoms with Gasteiger partial charge >= 0.3 is 0 Å². The largest absolute Gasteiger partial charge is 0.496 e. The molecule has 0 radical (unpaired) electrons. The predicted molar refractivity (Wildman–Crippen MR) is 67.7 cm³/mol. The van der Waals surface area contributed by atoms with Crippen molar-refractivity contribution in [1.82, 2.24) is 0 Å². The highest BCUT2D eigenvalue weighted by atomic mass is 79.9. The Morgan fingerprint density at radius 1 is 1.38 bits per heavy atom. The van der Waals surface area contributed by atoms with E-state index in [0.717, 1.165) is 23.4 Å². The summed E-state index contributed by atoms with van der Waals surface area (Å²) in [6.45, 7) is 3.88. The van der Waals surface area contributed by atoms with Gasteiger partial charge in [0.15, 0.2) is 0 Å². The average molecular weight is 289 g/mol. The molecule has 2 N–H and O–H groups in total. The van der Waals surface area contributed by atoms with Crippen LogP contribution in [-0.2, 0) is 11.3 Å². The van der Waals surface area contributed by atoms with Gasteiger partial charge in [-0.1, -0.05) is 0 Å². The molecule has 90 valence electrons. The summed E-state index contributed by atoms with van der Waals surface area (Å²) in [5.74, 6) is 0.869. The zero-order valence-electron chi connectivity index (χ0n) is 10.00. The van der Waals surface area contributed by atoms with E-state index in [-0.39, 0.29) is 0 Å². The molecule has 1 atom stereocenters. The molecule has 0 spiro atoms. The second-order valence-electron chi connectivity index (χ2n) is 3.84. The van der Waals surface area contributed by atoms with Crippen LogP contribution in [0.5, 0.6) is 5.75 Å². The zero-order valence-corrected chi connectivity index (χ0v) is 11.6. The lowest BCUT2D eigenvalue weighted by molar-refractivity contribution is -0.702. The SMILES string of the molecule is COC[C@@H](C)[NH2+]Cc1ccc(OC)c(Br)c1. The summed E-state index contributed by atoms with van der Waals surface area (Å²) < 4.78 is 11.3. The molecule has 0 saturated carbocycles. The summed E-state index contributed by atoms with van der Waals surface area (Å²) in [7, 11) is 3.40. The first-order chi connectivity index (χ1) is 7.67. The Balaban J connectivity index is 2.51. The van der Waals surface area contributed by atoms with E-state index in [1.807, 2.05) is 6.07 Å². The minimum absolute atomic E-state index is 0.478. The van der Waals surface area contributed by atoms with Gasteiger partial charge in [0.2, 0.25) is 0 Å². The van der Waals surface area contributed by atoms with Gasteiger partial charge in [-0.05, 0) is 41.1 Å². The predicted octanol–water partition coefficient (Wildman–Crippen LogP) is 1.56. The molecule has 0 aliphatic carbocycles. The quantitative estimate of drug-likeness (QED) is 0.862. The van der Waals surface area contributed by atoms with Crippen molar-refractivity contribution in [3.8, 4) is 5.75 Å². The molecule has 4 heteroatoms. The molecule has 0 aliphatic heterocycles. The number of rotatable bonds is 6. The molecule has 1 aromatic carbocycles. The number of quaternary nitrogens is 1. The molecule has 3 nitrogen and oxygen atoms in total. The van der Waals surface area contributed by atoms with Crippen LogP contribution < -0.4 is 10.1 Å². The van der Waals surface area contributed by atoms with Crippen LogP contribution in [0.25, 0.3) is 0 Å².